The summed E-state index contributed by atoms with van der Waals surface area (Å²) in [5.41, 5.74) is 4.97. The Morgan fingerprint density at radius 1 is 0.654 bits per heavy atom. The van der Waals surface area contributed by atoms with Crippen molar-refractivity contribution in [2.45, 2.75) is 191 Å². The first-order valence-electron chi connectivity index (χ1n) is 34.6. The topological polar surface area (TPSA) is 444 Å². The summed E-state index contributed by atoms with van der Waals surface area (Å²) in [5.74, 6) is -9.24. The minimum atomic E-state index is -1.86. The Balaban J connectivity index is 1.18. The molecule has 562 valence electrons. The fraction of sp³-hybridized carbons (Fsp3) is 0.493. The molecule has 0 radical (unpaired) electrons. The maximum Gasteiger partial charge on any atom is 0.246 e. The number of nitrogens with zero attached hydrogens (tertiary/aromatic N) is 2. The van der Waals surface area contributed by atoms with Crippen molar-refractivity contribution in [2.24, 2.45) is 17.1 Å². The highest BCUT2D eigenvalue weighted by Gasteiger charge is 2.45. The van der Waals surface area contributed by atoms with Gasteiger partial charge in [-0.1, -0.05) is 90.1 Å². The summed E-state index contributed by atoms with van der Waals surface area (Å²) < 4.78 is 0. The number of aliphatic hydroxyl groups is 1. The number of fused-ring (bicyclic) bond motifs is 4. The number of hydrogen-bond acceptors (Lipinski definition) is 18. The van der Waals surface area contributed by atoms with E-state index >= 15 is 4.79 Å². The molecule has 2 bridgehead atoms. The zero-order chi connectivity index (χ0) is 76.4. The molecule has 10 atom stereocenters. The highest BCUT2D eigenvalue weighted by atomic mass is 32.2. The summed E-state index contributed by atoms with van der Waals surface area (Å²) in [7, 11) is 0. The zero-order valence-electron chi connectivity index (χ0n) is 60.2. The van der Waals surface area contributed by atoms with Gasteiger partial charge in [-0.2, -0.15) is 23.5 Å². The number of carbonyl (C=O) groups excluding carboxylic acids is 12. The van der Waals surface area contributed by atoms with E-state index in [1.165, 1.54) is 92.5 Å². The molecule has 104 heavy (non-hydrogen) atoms. The smallest absolute Gasteiger partial charge is 0.246 e. The number of thioether (sulfide) groups is 2. The third-order valence-corrected chi connectivity index (χ3v) is 20.5. The average Bonchev–Trinajstić information content (AvgIpc) is 1.23. The number of phenolic OH excluding ortho intramolecular Hbond substituents is 2. The first-order chi connectivity index (χ1) is 49.1. The Morgan fingerprint density at radius 3 is 1.84 bits per heavy atom. The maximum absolute atomic E-state index is 15.0. The summed E-state index contributed by atoms with van der Waals surface area (Å²) in [4.78, 5) is 180. The number of rotatable bonds is 10. The molecule has 16 N–H and O–H groups in total. The lowest BCUT2D eigenvalue weighted by Gasteiger charge is -2.36. The van der Waals surface area contributed by atoms with Gasteiger partial charge in [0.05, 0.1) is 6.61 Å². The first-order valence-corrected chi connectivity index (χ1v) is 36.9. The van der Waals surface area contributed by atoms with Crippen LogP contribution < -0.4 is 58.9 Å². The molecule has 2 unspecified atom stereocenters. The van der Waals surface area contributed by atoms with Crippen LogP contribution in [-0.4, -0.2) is 191 Å². The third-order valence-electron chi connectivity index (χ3n) is 18.4. The Bertz CT molecular complexity index is 3920. The average molecular weight is 1480 g/mol. The standard InChI is InChI=1S/C73H98N14O15S2/c1-11-50-62(94)80-52(34-46-35-76-60-49(46)17-13-28-75-60)64(96)85-72(8,9)69(101)77-41(4)61(93)79-51(32-42-19-23-47(89)24-20-42)65(97)86-73(10,40(2)3)70(102)83-54(36-88)63(95)82-55(59(74)92)39-104-38-45-16-12-15-44(31-45)37-103-30-27-57(91)84-58(71(5,6)7)67(99)81-53(33-43-21-25-48(90)26-22-43)68(100)87-29-14-18-56(87)66(98)78-50/h12-13,15-17,19-26,28,31,35,40-41,50-56,58,88-90H,11,14,18,27,29-30,32-34,36-39H2,1-10H3,(H2,74,92)(H,75,76)(H,77,101)(H,78,98)(H,79,93)(H,80,94)(H,81,99)(H,82,95)(H,83,102)(H,84,91)(H,85,96)(H,86,97)/t41-,50?,51-,52-,53-,54-,55-,56-,58?,73-/m0/s1. The number of nitrogens with two attached hydrogens (primary N) is 1. The van der Waals surface area contributed by atoms with E-state index in [1.807, 2.05) is 24.3 Å². The third kappa shape index (κ3) is 22.4. The Morgan fingerprint density at radius 2 is 1.23 bits per heavy atom. The Hall–Kier alpha value is -9.75. The number of aromatic amines is 1. The van der Waals surface area contributed by atoms with E-state index in [9.17, 15) is 68.1 Å². The van der Waals surface area contributed by atoms with Crippen molar-refractivity contribution in [2.75, 3.05) is 24.7 Å². The van der Waals surface area contributed by atoms with Crippen molar-refractivity contribution >= 4 is 105 Å². The predicted octanol–water partition coefficient (Wildman–Crippen LogP) is 1.82. The largest absolute Gasteiger partial charge is 0.508 e. The Labute approximate surface area is 612 Å². The van der Waals surface area contributed by atoms with E-state index in [4.69, 9.17) is 5.73 Å². The van der Waals surface area contributed by atoms with Gasteiger partial charge in [-0.05, 0) is 123 Å². The number of primary amides is 1. The molecule has 12 amide bonds. The summed E-state index contributed by atoms with van der Waals surface area (Å²) in [6.45, 7) is 14.7. The summed E-state index contributed by atoms with van der Waals surface area (Å²) in [6, 6.07) is 10.6. The van der Waals surface area contributed by atoms with Gasteiger partial charge in [0.25, 0.3) is 0 Å². The van der Waals surface area contributed by atoms with Crippen LogP contribution in [0.3, 0.4) is 0 Å². The van der Waals surface area contributed by atoms with Gasteiger partial charge < -0.3 is 84.1 Å². The van der Waals surface area contributed by atoms with Crippen molar-refractivity contribution in [1.29, 1.82) is 0 Å². The normalized spacial score (nSPS) is 25.1. The van der Waals surface area contributed by atoms with Gasteiger partial charge >= 0.3 is 0 Å². The monoisotopic (exact) mass is 1470 g/mol. The van der Waals surface area contributed by atoms with Crippen LogP contribution in [0.5, 0.6) is 11.5 Å². The van der Waals surface area contributed by atoms with E-state index in [0.29, 0.717) is 51.4 Å². The van der Waals surface area contributed by atoms with Crippen LogP contribution in [-0.2, 0) is 88.3 Å². The molecule has 0 spiro atoms. The molecule has 0 saturated carbocycles. The van der Waals surface area contributed by atoms with Crippen molar-refractivity contribution in [3.63, 3.8) is 0 Å². The number of hydrogen-bond donors (Lipinski definition) is 15. The van der Waals surface area contributed by atoms with Crippen molar-refractivity contribution < 1.29 is 72.9 Å². The number of benzene rings is 3. The molecule has 3 aromatic carbocycles. The summed E-state index contributed by atoms with van der Waals surface area (Å²) in [5, 5.41) is 58.4. The molecule has 5 aromatic rings. The first kappa shape index (κ1) is 81.5. The van der Waals surface area contributed by atoms with Gasteiger partial charge in [0.1, 0.15) is 82.6 Å². The quantitative estimate of drug-likeness (QED) is 0.0948. The van der Waals surface area contributed by atoms with Gasteiger partial charge in [0.15, 0.2) is 0 Å². The van der Waals surface area contributed by atoms with Crippen molar-refractivity contribution in [3.8, 4) is 11.5 Å². The molecular weight excluding hydrogens is 1380 g/mol. The number of nitrogens with one attached hydrogen (secondary N) is 11. The summed E-state index contributed by atoms with van der Waals surface area (Å²) >= 11 is 2.74. The Kier molecular flexibility index (Phi) is 28.7. The number of carbonyl (C=O) groups is 12. The molecular formula is C73H98N14O15S2. The lowest BCUT2D eigenvalue weighted by Crippen LogP contribution is -2.66. The molecule has 29 nitrogen and oxygen atoms in total. The second-order valence-electron chi connectivity index (χ2n) is 28.3. The van der Waals surface area contributed by atoms with Crippen LogP contribution in [0.15, 0.2) is 97.3 Å². The van der Waals surface area contributed by atoms with Crippen molar-refractivity contribution in [3.05, 3.63) is 125 Å². The van der Waals surface area contributed by atoms with Gasteiger partial charge in [0.2, 0.25) is 70.9 Å². The van der Waals surface area contributed by atoms with E-state index in [1.54, 1.807) is 78.2 Å². The molecule has 31 heteroatoms. The highest BCUT2D eigenvalue weighted by Crippen LogP contribution is 2.27. The molecule has 4 heterocycles. The number of aliphatic hydroxyl groups excluding tert-OH is 1. The summed E-state index contributed by atoms with van der Waals surface area (Å²) in [6.07, 6.45) is 3.26. The van der Waals surface area contributed by atoms with Gasteiger partial charge in [0, 0.05) is 73.0 Å². The molecule has 0 aliphatic carbocycles. The molecule has 2 aliphatic heterocycles. The van der Waals surface area contributed by atoms with Crippen LogP contribution in [0, 0.1) is 11.3 Å². The van der Waals surface area contributed by atoms with Crippen LogP contribution in [0.1, 0.15) is 123 Å². The molecule has 7 rings (SSSR count). The number of phenols is 2. The maximum atomic E-state index is 15.0. The second kappa shape index (κ2) is 36.6. The van der Waals surface area contributed by atoms with Crippen LogP contribution >= 0.6 is 23.5 Å². The number of amides is 12. The van der Waals surface area contributed by atoms with E-state index < -0.39 is 154 Å². The second-order valence-corrected chi connectivity index (χ2v) is 30.5. The van der Waals surface area contributed by atoms with E-state index in [2.05, 4.69) is 63.1 Å². The lowest BCUT2D eigenvalue weighted by molar-refractivity contribution is -0.143. The SMILES string of the molecule is CCC1NC(=O)[C@@H]2CCCN2C(=O)[C@H](Cc2ccc(O)cc2)NC(=O)C(C(C)(C)C)NC(=O)CCSCc2cccc(c2)CSC[C@@H](C(N)=O)NC(=O)[C@H](CO)NC(=O)[C@](C)(C(C)C)NC(=O)[C@H](Cc2ccc(O)cc2)NC(=O)[C@H](C)NC(=O)C(C)(C)NC(=O)[C@H](Cc2c[nH]c3ncccc23)NC1=O. The van der Waals surface area contributed by atoms with Gasteiger partial charge in [-0.15, -0.1) is 0 Å². The number of aromatic hydroxyl groups is 2. The molecule has 2 aromatic heterocycles. The highest BCUT2D eigenvalue weighted by molar-refractivity contribution is 7.98. The number of pyridine rings is 1. The molecule has 1 fully saturated rings. The number of aromatic nitrogens is 2. The molecule has 1 saturated heterocycles. The van der Waals surface area contributed by atoms with Gasteiger partial charge in [-0.25, -0.2) is 4.98 Å². The van der Waals surface area contributed by atoms with Crippen molar-refractivity contribution in [1.82, 2.24) is 68.0 Å². The fourth-order valence-corrected chi connectivity index (χ4v) is 13.6. The van der Waals surface area contributed by atoms with Crippen LogP contribution in [0.4, 0.5) is 0 Å². The van der Waals surface area contributed by atoms with E-state index in [0.717, 1.165) is 11.1 Å². The number of H-pyrrole nitrogens is 1. The van der Waals surface area contributed by atoms with Crippen LogP contribution in [0.25, 0.3) is 11.0 Å². The zero-order valence-corrected chi connectivity index (χ0v) is 61.9. The van der Waals surface area contributed by atoms with Crippen LogP contribution in [0.2, 0.25) is 0 Å². The molecule has 2 aliphatic rings. The minimum absolute atomic E-state index is 0.00116. The fourth-order valence-electron chi connectivity index (χ4n) is 11.7. The lowest BCUT2D eigenvalue weighted by atomic mass is 9.85. The van der Waals surface area contributed by atoms with E-state index in [-0.39, 0.29) is 62.3 Å². The minimum Gasteiger partial charge on any atom is -0.508 e. The van der Waals surface area contributed by atoms with Gasteiger partial charge in [-0.3, -0.25) is 57.5 Å². The predicted molar refractivity (Wildman–Crippen MR) is 392 cm³/mol.